The van der Waals surface area contributed by atoms with Crippen LogP contribution in [0.3, 0.4) is 0 Å². The Morgan fingerprint density at radius 3 is 2.46 bits per heavy atom. The summed E-state index contributed by atoms with van der Waals surface area (Å²) < 4.78 is 5.11. The van der Waals surface area contributed by atoms with Crippen molar-refractivity contribution < 1.29 is 14.3 Å². The topological polar surface area (TPSA) is 72.6 Å². The van der Waals surface area contributed by atoms with Gasteiger partial charge in [0.15, 0.2) is 6.61 Å². The van der Waals surface area contributed by atoms with Crippen molar-refractivity contribution in [2.75, 3.05) is 17.2 Å². The van der Waals surface area contributed by atoms with Gasteiger partial charge in [-0.1, -0.05) is 29.8 Å². The van der Waals surface area contributed by atoms with Gasteiger partial charge in [-0.3, -0.25) is 4.79 Å². The molecular formula is C18H19ClN2O3. The van der Waals surface area contributed by atoms with Crippen LogP contribution in [0.25, 0.3) is 0 Å². The molecule has 24 heavy (non-hydrogen) atoms. The van der Waals surface area contributed by atoms with Crippen LogP contribution in [0.15, 0.2) is 48.5 Å². The normalized spacial score (nSPS) is 10.5. The van der Waals surface area contributed by atoms with E-state index >= 15 is 0 Å². The highest BCUT2D eigenvalue weighted by Crippen LogP contribution is 2.20. The van der Waals surface area contributed by atoms with E-state index < -0.39 is 5.97 Å². The fraction of sp³-hybridized carbons (Fsp3) is 0.222. The Hall–Kier alpha value is -2.53. The van der Waals surface area contributed by atoms with Gasteiger partial charge in [0.25, 0.3) is 5.91 Å². The number of carbonyl (C=O) groups is 2. The lowest BCUT2D eigenvalue weighted by molar-refractivity contribution is -0.122. The van der Waals surface area contributed by atoms with Gasteiger partial charge in [0.05, 0.1) is 5.56 Å². The first kappa shape index (κ1) is 17.8. The number of anilines is 2. The molecule has 0 aromatic heterocycles. The lowest BCUT2D eigenvalue weighted by Gasteiger charge is -2.26. The summed E-state index contributed by atoms with van der Waals surface area (Å²) in [5.41, 5.74) is 6.88. The Morgan fingerprint density at radius 1 is 1.17 bits per heavy atom. The Morgan fingerprint density at radius 2 is 1.83 bits per heavy atom. The zero-order valence-electron chi connectivity index (χ0n) is 13.5. The number of nitrogen functional groups attached to an aromatic ring is 1. The number of ether oxygens (including phenoxy) is 1. The molecule has 2 aromatic carbocycles. The highest BCUT2D eigenvalue weighted by molar-refractivity contribution is 6.31. The molecule has 0 atom stereocenters. The van der Waals surface area contributed by atoms with E-state index in [1.54, 1.807) is 11.0 Å². The van der Waals surface area contributed by atoms with Gasteiger partial charge in [-0.2, -0.15) is 0 Å². The number of nitrogens with two attached hydrogens (primary N) is 1. The number of amides is 1. The zero-order chi connectivity index (χ0) is 17.7. The van der Waals surface area contributed by atoms with Crippen LogP contribution in [-0.4, -0.2) is 24.5 Å². The first-order chi connectivity index (χ1) is 11.4. The number of esters is 1. The molecule has 0 aliphatic heterocycles. The quantitative estimate of drug-likeness (QED) is 0.664. The first-order valence-electron chi connectivity index (χ1n) is 7.49. The average molecular weight is 347 g/mol. The molecular weight excluding hydrogens is 328 g/mol. The molecule has 0 bridgehead atoms. The fourth-order valence-corrected chi connectivity index (χ4v) is 2.47. The molecule has 126 valence electrons. The van der Waals surface area contributed by atoms with Gasteiger partial charge >= 0.3 is 5.97 Å². The number of halogens is 1. The molecule has 1 amide bonds. The van der Waals surface area contributed by atoms with Crippen LogP contribution in [0.1, 0.15) is 24.2 Å². The van der Waals surface area contributed by atoms with E-state index in [1.807, 2.05) is 44.2 Å². The molecule has 0 saturated carbocycles. The summed E-state index contributed by atoms with van der Waals surface area (Å²) in [5.74, 6) is -0.995. The minimum atomic E-state index is -0.680. The number of benzene rings is 2. The number of rotatable bonds is 5. The van der Waals surface area contributed by atoms with E-state index in [2.05, 4.69) is 0 Å². The Labute approximate surface area is 146 Å². The highest BCUT2D eigenvalue weighted by atomic mass is 35.5. The van der Waals surface area contributed by atoms with Crippen molar-refractivity contribution in [3.8, 4) is 0 Å². The van der Waals surface area contributed by atoms with Crippen LogP contribution in [0, 0.1) is 0 Å². The number of nitrogens with zero attached hydrogens (tertiary/aromatic N) is 1. The molecule has 2 rings (SSSR count). The fourth-order valence-electron chi connectivity index (χ4n) is 2.30. The first-order valence-corrected chi connectivity index (χ1v) is 7.87. The van der Waals surface area contributed by atoms with Gasteiger partial charge in [0, 0.05) is 22.4 Å². The second kappa shape index (κ2) is 7.84. The van der Waals surface area contributed by atoms with Gasteiger partial charge < -0.3 is 15.4 Å². The second-order valence-electron chi connectivity index (χ2n) is 5.50. The molecule has 0 aliphatic carbocycles. The highest BCUT2D eigenvalue weighted by Gasteiger charge is 2.21. The van der Waals surface area contributed by atoms with Crippen molar-refractivity contribution in [3.05, 3.63) is 59.1 Å². The molecule has 5 nitrogen and oxygen atoms in total. The van der Waals surface area contributed by atoms with Crippen molar-refractivity contribution in [1.29, 1.82) is 0 Å². The number of para-hydroxylation sites is 1. The van der Waals surface area contributed by atoms with Gasteiger partial charge in [0.2, 0.25) is 0 Å². The Balaban J connectivity index is 2.08. The molecule has 0 spiro atoms. The van der Waals surface area contributed by atoms with Crippen molar-refractivity contribution >= 4 is 34.9 Å². The van der Waals surface area contributed by atoms with E-state index in [4.69, 9.17) is 22.1 Å². The van der Waals surface area contributed by atoms with Gasteiger partial charge in [-0.15, -0.1) is 0 Å². The molecule has 0 unspecified atom stereocenters. The maximum Gasteiger partial charge on any atom is 0.340 e. The summed E-state index contributed by atoms with van der Waals surface area (Å²) in [5, 5.41) is 0.371. The third-order valence-electron chi connectivity index (χ3n) is 3.38. The second-order valence-corrected chi connectivity index (χ2v) is 5.94. The van der Waals surface area contributed by atoms with Crippen LogP contribution in [-0.2, 0) is 9.53 Å². The van der Waals surface area contributed by atoms with Crippen molar-refractivity contribution in [1.82, 2.24) is 0 Å². The van der Waals surface area contributed by atoms with Crippen LogP contribution in [0.4, 0.5) is 11.4 Å². The van der Waals surface area contributed by atoms with Gasteiger partial charge in [0.1, 0.15) is 0 Å². The van der Waals surface area contributed by atoms with E-state index in [9.17, 15) is 9.59 Å². The molecule has 2 N–H and O–H groups in total. The van der Waals surface area contributed by atoms with Crippen LogP contribution < -0.4 is 10.6 Å². The number of hydrogen-bond donors (Lipinski definition) is 1. The molecule has 0 radical (unpaired) electrons. The number of hydrogen-bond acceptors (Lipinski definition) is 4. The standard InChI is InChI=1S/C18H19ClN2O3/c1-12(2)21(14-6-4-3-5-7-14)17(22)11-24-18(23)15-10-13(19)8-9-16(15)20/h3-10,12H,11,20H2,1-2H3. The molecule has 0 heterocycles. The van der Waals surface area contributed by atoms with Crippen molar-refractivity contribution in [2.24, 2.45) is 0 Å². The lowest BCUT2D eigenvalue weighted by atomic mass is 10.2. The Bertz CT molecular complexity index is 732. The summed E-state index contributed by atoms with van der Waals surface area (Å²) in [6, 6.07) is 13.7. The largest absolute Gasteiger partial charge is 0.452 e. The van der Waals surface area contributed by atoms with Crippen molar-refractivity contribution in [2.45, 2.75) is 19.9 Å². The maximum atomic E-state index is 12.5. The third kappa shape index (κ3) is 4.26. The zero-order valence-corrected chi connectivity index (χ0v) is 14.3. The van der Waals surface area contributed by atoms with Gasteiger partial charge in [-0.05, 0) is 44.2 Å². The number of carbonyl (C=O) groups excluding carboxylic acids is 2. The van der Waals surface area contributed by atoms with E-state index in [1.165, 1.54) is 12.1 Å². The monoisotopic (exact) mass is 346 g/mol. The minimum absolute atomic E-state index is 0.0742. The molecule has 0 aliphatic rings. The summed E-state index contributed by atoms with van der Waals surface area (Å²) in [7, 11) is 0. The molecule has 2 aromatic rings. The summed E-state index contributed by atoms with van der Waals surface area (Å²) in [6.07, 6.45) is 0. The van der Waals surface area contributed by atoms with E-state index in [0.29, 0.717) is 5.02 Å². The minimum Gasteiger partial charge on any atom is -0.452 e. The van der Waals surface area contributed by atoms with Gasteiger partial charge in [-0.25, -0.2) is 4.79 Å². The van der Waals surface area contributed by atoms with E-state index in [0.717, 1.165) is 5.69 Å². The van der Waals surface area contributed by atoms with E-state index in [-0.39, 0.29) is 29.8 Å². The summed E-state index contributed by atoms with van der Waals surface area (Å²) in [6.45, 7) is 3.40. The lowest BCUT2D eigenvalue weighted by Crippen LogP contribution is -2.39. The predicted molar refractivity (Wildman–Crippen MR) is 95.2 cm³/mol. The molecule has 0 saturated heterocycles. The van der Waals surface area contributed by atoms with Crippen LogP contribution in [0.2, 0.25) is 5.02 Å². The Kier molecular flexibility index (Phi) is 5.82. The molecule has 6 heteroatoms. The SMILES string of the molecule is CC(C)N(C(=O)COC(=O)c1cc(Cl)ccc1N)c1ccccc1. The summed E-state index contributed by atoms with van der Waals surface area (Å²) >= 11 is 5.86. The van der Waals surface area contributed by atoms with Crippen LogP contribution in [0.5, 0.6) is 0 Å². The third-order valence-corrected chi connectivity index (χ3v) is 3.62. The summed E-state index contributed by atoms with van der Waals surface area (Å²) in [4.78, 5) is 26.2. The van der Waals surface area contributed by atoms with Crippen molar-refractivity contribution in [3.63, 3.8) is 0 Å². The van der Waals surface area contributed by atoms with Crippen LogP contribution >= 0.6 is 11.6 Å². The maximum absolute atomic E-state index is 12.5. The smallest absolute Gasteiger partial charge is 0.340 e. The predicted octanol–water partition coefficient (Wildman–Crippen LogP) is 3.52. The average Bonchev–Trinajstić information content (AvgIpc) is 2.55. The molecule has 0 fully saturated rings.